The van der Waals surface area contributed by atoms with Gasteiger partial charge in [0.2, 0.25) is 0 Å². The summed E-state index contributed by atoms with van der Waals surface area (Å²) in [5.74, 6) is 1.46. The van der Waals surface area contributed by atoms with Crippen LogP contribution in [0.25, 0.3) is 0 Å². The third kappa shape index (κ3) is 2.19. The maximum Gasteiger partial charge on any atom is 0.119 e. The Bertz CT molecular complexity index is 398. The first-order chi connectivity index (χ1) is 8.34. The highest BCUT2D eigenvalue weighted by molar-refractivity contribution is 5.44. The van der Waals surface area contributed by atoms with Gasteiger partial charge >= 0.3 is 0 Å². The Labute approximate surface area is 103 Å². The standard InChI is InChI=1S/C15H21NO/c17-15-6-2-5-12-13(15)7-8-14(12)16-10-9-11-3-1-4-11/h2,5-6,11,14,16-17H,1,3-4,7-10H2. The van der Waals surface area contributed by atoms with Crippen LogP contribution in [-0.2, 0) is 6.42 Å². The summed E-state index contributed by atoms with van der Waals surface area (Å²) in [6.45, 7) is 1.13. The molecule has 0 bridgehead atoms. The van der Waals surface area contributed by atoms with Crippen molar-refractivity contribution in [2.75, 3.05) is 6.54 Å². The Kier molecular flexibility index (Phi) is 3.06. The van der Waals surface area contributed by atoms with Gasteiger partial charge in [-0.05, 0) is 48.9 Å². The molecule has 2 nitrogen and oxygen atoms in total. The number of hydrogen-bond acceptors (Lipinski definition) is 2. The molecule has 0 spiro atoms. The van der Waals surface area contributed by atoms with Crippen LogP contribution in [-0.4, -0.2) is 11.7 Å². The smallest absolute Gasteiger partial charge is 0.119 e. The van der Waals surface area contributed by atoms with Crippen LogP contribution in [0.3, 0.4) is 0 Å². The number of benzene rings is 1. The minimum Gasteiger partial charge on any atom is -0.508 e. The van der Waals surface area contributed by atoms with Crippen molar-refractivity contribution in [3.05, 3.63) is 29.3 Å². The summed E-state index contributed by atoms with van der Waals surface area (Å²) in [7, 11) is 0. The number of rotatable bonds is 4. The van der Waals surface area contributed by atoms with E-state index in [0.717, 1.165) is 30.9 Å². The van der Waals surface area contributed by atoms with E-state index in [-0.39, 0.29) is 0 Å². The second kappa shape index (κ2) is 4.69. The molecule has 1 aromatic carbocycles. The lowest BCUT2D eigenvalue weighted by molar-refractivity contribution is 0.287. The Morgan fingerprint density at radius 1 is 1.24 bits per heavy atom. The first-order valence-electron chi connectivity index (χ1n) is 6.89. The highest BCUT2D eigenvalue weighted by Gasteiger charge is 2.24. The van der Waals surface area contributed by atoms with Crippen molar-refractivity contribution < 1.29 is 5.11 Å². The van der Waals surface area contributed by atoms with Crippen molar-refractivity contribution in [1.82, 2.24) is 5.32 Å². The molecular formula is C15H21NO. The van der Waals surface area contributed by atoms with Crippen molar-refractivity contribution >= 4 is 0 Å². The molecule has 1 unspecified atom stereocenters. The Balaban J connectivity index is 1.57. The van der Waals surface area contributed by atoms with Crippen LogP contribution < -0.4 is 5.32 Å². The minimum atomic E-state index is 0.470. The first-order valence-corrected chi connectivity index (χ1v) is 6.89. The summed E-state index contributed by atoms with van der Waals surface area (Å²) in [5, 5.41) is 13.4. The third-order valence-corrected chi connectivity index (χ3v) is 4.41. The molecule has 1 fully saturated rings. The molecule has 0 heterocycles. The van der Waals surface area contributed by atoms with Gasteiger partial charge < -0.3 is 10.4 Å². The lowest BCUT2D eigenvalue weighted by Gasteiger charge is -2.26. The molecule has 92 valence electrons. The lowest BCUT2D eigenvalue weighted by atomic mass is 9.83. The van der Waals surface area contributed by atoms with Crippen LogP contribution in [0.1, 0.15) is 49.3 Å². The molecule has 0 radical (unpaired) electrons. The fourth-order valence-corrected chi connectivity index (χ4v) is 3.09. The minimum absolute atomic E-state index is 0.470. The van der Waals surface area contributed by atoms with E-state index in [1.165, 1.54) is 31.2 Å². The number of fused-ring (bicyclic) bond motifs is 1. The normalized spacial score (nSPS) is 23.4. The van der Waals surface area contributed by atoms with Crippen LogP contribution in [0.15, 0.2) is 18.2 Å². The Morgan fingerprint density at radius 3 is 2.88 bits per heavy atom. The van der Waals surface area contributed by atoms with Crippen LogP contribution in [0.5, 0.6) is 5.75 Å². The van der Waals surface area contributed by atoms with Gasteiger partial charge in [-0.25, -0.2) is 0 Å². The van der Waals surface area contributed by atoms with Gasteiger partial charge in [-0.1, -0.05) is 31.4 Å². The quantitative estimate of drug-likeness (QED) is 0.834. The van der Waals surface area contributed by atoms with Gasteiger partial charge in [0.25, 0.3) is 0 Å². The molecule has 2 aliphatic carbocycles. The monoisotopic (exact) mass is 231 g/mol. The van der Waals surface area contributed by atoms with Gasteiger partial charge in [0.05, 0.1) is 0 Å². The molecular weight excluding hydrogens is 210 g/mol. The SMILES string of the molecule is Oc1cccc2c1CCC2NCCC1CCC1. The van der Waals surface area contributed by atoms with Gasteiger partial charge in [-0.3, -0.25) is 0 Å². The number of phenols is 1. The number of nitrogens with one attached hydrogen (secondary N) is 1. The van der Waals surface area contributed by atoms with Crippen molar-refractivity contribution in [2.45, 2.75) is 44.6 Å². The number of aromatic hydroxyl groups is 1. The zero-order valence-electron chi connectivity index (χ0n) is 10.3. The summed E-state index contributed by atoms with van der Waals surface area (Å²) < 4.78 is 0. The molecule has 1 aromatic rings. The zero-order chi connectivity index (χ0) is 11.7. The van der Waals surface area contributed by atoms with Crippen molar-refractivity contribution in [2.24, 2.45) is 5.92 Å². The van der Waals surface area contributed by atoms with Crippen molar-refractivity contribution in [1.29, 1.82) is 0 Å². The van der Waals surface area contributed by atoms with E-state index in [2.05, 4.69) is 11.4 Å². The highest BCUT2D eigenvalue weighted by Crippen LogP contribution is 2.36. The summed E-state index contributed by atoms with van der Waals surface area (Å²) in [5.41, 5.74) is 2.48. The Morgan fingerprint density at radius 2 is 2.12 bits per heavy atom. The van der Waals surface area contributed by atoms with Crippen LogP contribution in [0.4, 0.5) is 0 Å². The van der Waals surface area contributed by atoms with Gasteiger partial charge in [0.15, 0.2) is 0 Å². The molecule has 0 aliphatic heterocycles. The van der Waals surface area contributed by atoms with Gasteiger partial charge in [-0.2, -0.15) is 0 Å². The molecule has 2 heteroatoms. The van der Waals surface area contributed by atoms with E-state index in [4.69, 9.17) is 0 Å². The number of phenolic OH excluding ortho intramolecular Hbond substituents is 1. The van der Waals surface area contributed by atoms with E-state index in [9.17, 15) is 5.11 Å². The van der Waals surface area contributed by atoms with E-state index < -0.39 is 0 Å². The maximum absolute atomic E-state index is 9.78. The molecule has 0 saturated heterocycles. The molecule has 0 amide bonds. The molecule has 17 heavy (non-hydrogen) atoms. The lowest BCUT2D eigenvalue weighted by Crippen LogP contribution is -2.24. The zero-order valence-corrected chi connectivity index (χ0v) is 10.3. The highest BCUT2D eigenvalue weighted by atomic mass is 16.3. The van der Waals surface area contributed by atoms with Crippen LogP contribution in [0, 0.1) is 5.92 Å². The summed E-state index contributed by atoms with van der Waals surface area (Å²) in [4.78, 5) is 0. The van der Waals surface area contributed by atoms with Gasteiger partial charge in [0, 0.05) is 6.04 Å². The van der Waals surface area contributed by atoms with E-state index in [1.54, 1.807) is 6.07 Å². The van der Waals surface area contributed by atoms with Gasteiger partial charge in [0.1, 0.15) is 5.75 Å². The summed E-state index contributed by atoms with van der Waals surface area (Å²) >= 11 is 0. The fourth-order valence-electron chi connectivity index (χ4n) is 3.09. The average molecular weight is 231 g/mol. The van der Waals surface area contributed by atoms with Crippen molar-refractivity contribution in [3.8, 4) is 5.75 Å². The third-order valence-electron chi connectivity index (χ3n) is 4.41. The predicted molar refractivity (Wildman–Crippen MR) is 69.1 cm³/mol. The predicted octanol–water partition coefficient (Wildman–Crippen LogP) is 3.16. The second-order valence-corrected chi connectivity index (χ2v) is 5.48. The topological polar surface area (TPSA) is 32.3 Å². The summed E-state index contributed by atoms with van der Waals surface area (Å²) in [6, 6.07) is 6.39. The summed E-state index contributed by atoms with van der Waals surface area (Å²) in [6.07, 6.45) is 7.78. The van der Waals surface area contributed by atoms with Crippen LogP contribution >= 0.6 is 0 Å². The molecule has 0 aromatic heterocycles. The van der Waals surface area contributed by atoms with Gasteiger partial charge in [-0.15, -0.1) is 0 Å². The second-order valence-electron chi connectivity index (χ2n) is 5.48. The largest absolute Gasteiger partial charge is 0.508 e. The van der Waals surface area contributed by atoms with E-state index >= 15 is 0 Å². The van der Waals surface area contributed by atoms with Crippen LogP contribution in [0.2, 0.25) is 0 Å². The molecule has 2 N–H and O–H groups in total. The molecule has 1 atom stereocenters. The van der Waals surface area contributed by atoms with E-state index in [0.29, 0.717) is 11.8 Å². The number of hydrogen-bond donors (Lipinski definition) is 2. The first kappa shape index (κ1) is 11.1. The van der Waals surface area contributed by atoms with E-state index in [1.807, 2.05) is 6.07 Å². The van der Waals surface area contributed by atoms with Crippen molar-refractivity contribution in [3.63, 3.8) is 0 Å². The molecule has 1 saturated carbocycles. The average Bonchev–Trinajstić information content (AvgIpc) is 2.67. The Hall–Kier alpha value is -1.02. The molecule has 2 aliphatic rings. The maximum atomic E-state index is 9.78. The fraction of sp³-hybridized carbons (Fsp3) is 0.600. The molecule has 3 rings (SSSR count).